The number of amides is 1. The largest absolute Gasteiger partial charge is 0.497 e. The molecular weight excluding hydrogens is 340 g/mol. The Kier molecular flexibility index (Phi) is 5.56. The van der Waals surface area contributed by atoms with Crippen LogP contribution >= 0.6 is 0 Å². The number of carbonyl (C=O) groups excluding carboxylic acids is 1. The van der Waals surface area contributed by atoms with Crippen molar-refractivity contribution in [3.05, 3.63) is 72.4 Å². The van der Waals surface area contributed by atoms with Gasteiger partial charge >= 0.3 is 0 Å². The summed E-state index contributed by atoms with van der Waals surface area (Å²) in [7, 11) is 5.57. The maximum absolute atomic E-state index is 12.4. The molecule has 0 radical (unpaired) electrons. The second-order valence-electron chi connectivity index (χ2n) is 6.18. The molecule has 0 aliphatic rings. The van der Waals surface area contributed by atoms with Crippen LogP contribution in [0, 0.1) is 0 Å². The topological polar surface area (TPSA) is 66.5 Å². The molecule has 1 amide bonds. The summed E-state index contributed by atoms with van der Waals surface area (Å²) in [5.41, 5.74) is 3.16. The Balaban J connectivity index is 1.64. The Hall–Kier alpha value is -3.54. The molecule has 0 spiro atoms. The molecule has 0 bridgehead atoms. The molecule has 6 nitrogen and oxygen atoms in total. The molecule has 138 valence electrons. The van der Waals surface area contributed by atoms with Crippen molar-refractivity contribution >= 4 is 28.8 Å². The average molecular weight is 362 g/mol. The Labute approximate surface area is 158 Å². The molecule has 1 heterocycles. The van der Waals surface area contributed by atoms with Gasteiger partial charge in [0.25, 0.3) is 5.91 Å². The Bertz CT molecular complexity index is 906. The van der Waals surface area contributed by atoms with Crippen LogP contribution < -0.4 is 20.3 Å². The minimum absolute atomic E-state index is 0.201. The molecule has 3 aromatic rings. The van der Waals surface area contributed by atoms with Gasteiger partial charge in [-0.25, -0.2) is 4.98 Å². The minimum atomic E-state index is -0.201. The highest BCUT2D eigenvalue weighted by molar-refractivity contribution is 6.04. The summed E-state index contributed by atoms with van der Waals surface area (Å²) >= 11 is 0. The Morgan fingerprint density at radius 2 is 1.78 bits per heavy atom. The van der Waals surface area contributed by atoms with Crippen molar-refractivity contribution in [1.82, 2.24) is 4.98 Å². The van der Waals surface area contributed by atoms with Gasteiger partial charge in [0, 0.05) is 43.4 Å². The zero-order chi connectivity index (χ0) is 19.2. The molecular formula is C21H22N4O2. The zero-order valence-electron chi connectivity index (χ0n) is 15.6. The molecule has 6 heteroatoms. The first kappa shape index (κ1) is 18.3. The van der Waals surface area contributed by atoms with E-state index >= 15 is 0 Å². The fraction of sp³-hybridized carbons (Fsp3) is 0.143. The smallest absolute Gasteiger partial charge is 0.257 e. The lowest BCUT2D eigenvalue weighted by Crippen LogP contribution is -2.13. The lowest BCUT2D eigenvalue weighted by Gasteiger charge is -2.13. The van der Waals surface area contributed by atoms with Crippen LogP contribution in [0.3, 0.4) is 0 Å². The summed E-state index contributed by atoms with van der Waals surface area (Å²) in [6.45, 7) is 0. The fourth-order valence-electron chi connectivity index (χ4n) is 2.50. The number of hydrogen-bond donors (Lipinski definition) is 2. The summed E-state index contributed by atoms with van der Waals surface area (Å²) in [6, 6.07) is 18.7. The van der Waals surface area contributed by atoms with E-state index in [1.54, 1.807) is 25.4 Å². The minimum Gasteiger partial charge on any atom is -0.497 e. The van der Waals surface area contributed by atoms with Crippen molar-refractivity contribution in [3.63, 3.8) is 0 Å². The summed E-state index contributed by atoms with van der Waals surface area (Å²) in [4.78, 5) is 18.7. The van der Waals surface area contributed by atoms with Gasteiger partial charge in [-0.2, -0.15) is 0 Å². The lowest BCUT2D eigenvalue weighted by atomic mass is 10.2. The number of rotatable bonds is 6. The third-order valence-electron chi connectivity index (χ3n) is 4.01. The summed E-state index contributed by atoms with van der Waals surface area (Å²) in [5, 5.41) is 6.06. The van der Waals surface area contributed by atoms with Crippen molar-refractivity contribution < 1.29 is 9.53 Å². The quantitative estimate of drug-likeness (QED) is 0.689. The van der Waals surface area contributed by atoms with Crippen LogP contribution in [0.5, 0.6) is 5.75 Å². The first-order valence-electron chi connectivity index (χ1n) is 8.51. The van der Waals surface area contributed by atoms with Gasteiger partial charge in [-0.1, -0.05) is 6.07 Å². The Morgan fingerprint density at radius 3 is 2.41 bits per heavy atom. The normalized spacial score (nSPS) is 10.2. The SMILES string of the molecule is COc1cccc(Nc2ccc(C(=O)Nc3ccc(N(C)C)cc3)cn2)c1. The number of benzene rings is 2. The zero-order valence-corrected chi connectivity index (χ0v) is 15.6. The van der Waals surface area contributed by atoms with Crippen LogP contribution in [0.15, 0.2) is 66.9 Å². The molecule has 0 saturated carbocycles. The second-order valence-corrected chi connectivity index (χ2v) is 6.18. The predicted octanol–water partition coefficient (Wildman–Crippen LogP) is 4.15. The molecule has 2 N–H and O–H groups in total. The Morgan fingerprint density at radius 1 is 1.00 bits per heavy atom. The lowest BCUT2D eigenvalue weighted by molar-refractivity contribution is 0.102. The third-order valence-corrected chi connectivity index (χ3v) is 4.01. The molecule has 0 unspecified atom stereocenters. The van der Waals surface area contributed by atoms with Crippen molar-refractivity contribution in [2.75, 3.05) is 36.7 Å². The van der Waals surface area contributed by atoms with Gasteiger partial charge in [0.2, 0.25) is 0 Å². The van der Waals surface area contributed by atoms with E-state index in [9.17, 15) is 4.79 Å². The van der Waals surface area contributed by atoms with Crippen molar-refractivity contribution in [2.45, 2.75) is 0 Å². The van der Waals surface area contributed by atoms with Crippen molar-refractivity contribution in [1.29, 1.82) is 0 Å². The van der Waals surface area contributed by atoms with Crippen LogP contribution in [0.4, 0.5) is 22.9 Å². The van der Waals surface area contributed by atoms with Gasteiger partial charge in [0.1, 0.15) is 11.6 Å². The maximum atomic E-state index is 12.4. The summed E-state index contributed by atoms with van der Waals surface area (Å²) < 4.78 is 5.20. The van der Waals surface area contributed by atoms with Crippen LogP contribution in [-0.4, -0.2) is 32.1 Å². The van der Waals surface area contributed by atoms with E-state index in [0.717, 1.165) is 22.8 Å². The van der Waals surface area contributed by atoms with Gasteiger partial charge in [-0.3, -0.25) is 4.79 Å². The highest BCUT2D eigenvalue weighted by Crippen LogP contribution is 2.21. The molecule has 0 atom stereocenters. The summed E-state index contributed by atoms with van der Waals surface area (Å²) in [6.07, 6.45) is 1.55. The number of pyridine rings is 1. The van der Waals surface area contributed by atoms with E-state index in [0.29, 0.717) is 11.4 Å². The second kappa shape index (κ2) is 8.23. The van der Waals surface area contributed by atoms with Gasteiger partial charge in [0.05, 0.1) is 12.7 Å². The number of nitrogens with one attached hydrogen (secondary N) is 2. The van der Waals surface area contributed by atoms with E-state index < -0.39 is 0 Å². The van der Waals surface area contributed by atoms with Crippen LogP contribution in [0.25, 0.3) is 0 Å². The predicted molar refractivity (Wildman–Crippen MR) is 109 cm³/mol. The number of methoxy groups -OCH3 is 1. The van der Waals surface area contributed by atoms with E-state index in [1.807, 2.05) is 67.5 Å². The third kappa shape index (κ3) is 4.76. The number of nitrogens with zero attached hydrogens (tertiary/aromatic N) is 2. The monoisotopic (exact) mass is 362 g/mol. The number of anilines is 4. The number of hydrogen-bond acceptors (Lipinski definition) is 5. The maximum Gasteiger partial charge on any atom is 0.257 e. The van der Waals surface area contributed by atoms with Gasteiger partial charge in [-0.15, -0.1) is 0 Å². The van der Waals surface area contributed by atoms with Crippen LogP contribution in [0.1, 0.15) is 10.4 Å². The molecule has 0 fully saturated rings. The molecule has 27 heavy (non-hydrogen) atoms. The highest BCUT2D eigenvalue weighted by Gasteiger charge is 2.07. The molecule has 2 aromatic carbocycles. The van der Waals surface area contributed by atoms with Gasteiger partial charge in [-0.05, 0) is 48.5 Å². The van der Waals surface area contributed by atoms with E-state index in [2.05, 4.69) is 15.6 Å². The first-order valence-corrected chi connectivity index (χ1v) is 8.51. The number of carbonyl (C=O) groups is 1. The fourth-order valence-corrected chi connectivity index (χ4v) is 2.50. The first-order chi connectivity index (χ1) is 13.0. The number of ether oxygens (including phenoxy) is 1. The van der Waals surface area contributed by atoms with E-state index in [4.69, 9.17) is 4.74 Å². The van der Waals surface area contributed by atoms with E-state index in [-0.39, 0.29) is 5.91 Å². The van der Waals surface area contributed by atoms with Gasteiger partial charge in [0.15, 0.2) is 0 Å². The van der Waals surface area contributed by atoms with Crippen LogP contribution in [0.2, 0.25) is 0 Å². The molecule has 3 rings (SSSR count). The van der Waals surface area contributed by atoms with Crippen molar-refractivity contribution in [2.24, 2.45) is 0 Å². The molecule has 0 aliphatic heterocycles. The van der Waals surface area contributed by atoms with Crippen molar-refractivity contribution in [3.8, 4) is 5.75 Å². The molecule has 0 aliphatic carbocycles. The summed E-state index contributed by atoms with van der Waals surface area (Å²) in [5.74, 6) is 1.21. The average Bonchev–Trinajstić information content (AvgIpc) is 2.69. The van der Waals surface area contributed by atoms with Crippen LogP contribution in [-0.2, 0) is 0 Å². The van der Waals surface area contributed by atoms with Gasteiger partial charge < -0.3 is 20.3 Å². The standard InChI is InChI=1S/C21H22N4O2/c1-25(2)18-10-8-16(9-11-18)24-21(26)15-7-12-20(22-14-15)23-17-5-4-6-19(13-17)27-3/h4-14H,1-3H3,(H,22,23)(H,24,26). The van der Waals surface area contributed by atoms with E-state index in [1.165, 1.54) is 0 Å². The number of aromatic nitrogens is 1. The molecule has 1 aromatic heterocycles. The molecule has 0 saturated heterocycles. The highest BCUT2D eigenvalue weighted by atomic mass is 16.5.